The van der Waals surface area contributed by atoms with Gasteiger partial charge in [0.15, 0.2) is 0 Å². The van der Waals surface area contributed by atoms with Crippen LogP contribution in [0.3, 0.4) is 0 Å². The van der Waals surface area contributed by atoms with Gasteiger partial charge in [0.05, 0.1) is 16.4 Å². The van der Waals surface area contributed by atoms with E-state index >= 15 is 0 Å². The quantitative estimate of drug-likeness (QED) is 0.485. The van der Waals surface area contributed by atoms with Crippen LogP contribution in [0.4, 0.5) is 0 Å². The SMILES string of the molecule is CC.CON=Cc1c(C)cccc1Br.Cc1cc(Br)c(=O)n(C)n1. The molecule has 24 heavy (non-hydrogen) atoms. The summed E-state index contributed by atoms with van der Waals surface area (Å²) < 4.78 is 2.89. The molecule has 0 aliphatic rings. The molecule has 7 heteroatoms. The second-order valence-electron chi connectivity index (χ2n) is 4.45. The number of nitrogens with zero attached hydrogens (tertiary/aromatic N) is 3. The van der Waals surface area contributed by atoms with Crippen molar-refractivity contribution in [3.63, 3.8) is 0 Å². The van der Waals surface area contributed by atoms with Crippen molar-refractivity contribution in [3.8, 4) is 0 Å². The fourth-order valence-corrected chi connectivity index (χ4v) is 2.78. The molecular formula is C17H23Br2N3O2. The van der Waals surface area contributed by atoms with E-state index in [1.165, 1.54) is 17.4 Å². The lowest BCUT2D eigenvalue weighted by Gasteiger charge is -2.00. The van der Waals surface area contributed by atoms with Gasteiger partial charge in [-0.1, -0.05) is 47.1 Å². The molecule has 0 radical (unpaired) electrons. The Morgan fingerprint density at radius 3 is 2.33 bits per heavy atom. The maximum absolute atomic E-state index is 11.0. The van der Waals surface area contributed by atoms with Gasteiger partial charge in [-0.2, -0.15) is 5.10 Å². The third-order valence-corrected chi connectivity index (χ3v) is 3.96. The van der Waals surface area contributed by atoms with Crippen LogP contribution in [-0.4, -0.2) is 23.1 Å². The Labute approximate surface area is 160 Å². The molecule has 0 saturated carbocycles. The van der Waals surface area contributed by atoms with Gasteiger partial charge >= 0.3 is 0 Å². The zero-order valence-corrected chi connectivity index (χ0v) is 18.0. The van der Waals surface area contributed by atoms with Crippen molar-refractivity contribution in [2.24, 2.45) is 12.2 Å². The maximum atomic E-state index is 11.0. The van der Waals surface area contributed by atoms with Gasteiger partial charge < -0.3 is 4.84 Å². The van der Waals surface area contributed by atoms with Crippen LogP contribution < -0.4 is 5.56 Å². The molecule has 2 aromatic rings. The first kappa shape index (κ1) is 22.5. The molecule has 0 spiro atoms. The first-order valence-corrected chi connectivity index (χ1v) is 8.97. The number of rotatable bonds is 2. The van der Waals surface area contributed by atoms with Crippen molar-refractivity contribution < 1.29 is 4.84 Å². The Kier molecular flexibility index (Phi) is 11.2. The van der Waals surface area contributed by atoms with Crippen LogP contribution in [0.15, 0.2) is 43.2 Å². The standard InChI is InChI=1S/C9H10BrNO.C6H7BrN2O.C2H6/c1-7-4-3-5-9(10)8(7)6-11-12-2;1-4-3-5(7)6(10)9(2)8-4;1-2/h3-6H,1-2H3;3H,1-2H3;1-2H3. The van der Waals surface area contributed by atoms with E-state index in [1.54, 1.807) is 19.3 Å². The second-order valence-corrected chi connectivity index (χ2v) is 6.16. The summed E-state index contributed by atoms with van der Waals surface area (Å²) in [7, 11) is 3.16. The zero-order valence-electron chi connectivity index (χ0n) is 14.8. The number of hydrogen-bond donors (Lipinski definition) is 0. The summed E-state index contributed by atoms with van der Waals surface area (Å²) in [4.78, 5) is 15.6. The van der Waals surface area contributed by atoms with Crippen LogP contribution in [0.5, 0.6) is 0 Å². The number of aromatic nitrogens is 2. The Hall–Kier alpha value is -1.47. The first-order valence-electron chi connectivity index (χ1n) is 7.39. The second kappa shape index (κ2) is 12.0. The molecule has 2 rings (SSSR count). The van der Waals surface area contributed by atoms with E-state index in [-0.39, 0.29) is 5.56 Å². The predicted molar refractivity (Wildman–Crippen MR) is 107 cm³/mol. The van der Waals surface area contributed by atoms with E-state index < -0.39 is 0 Å². The summed E-state index contributed by atoms with van der Waals surface area (Å²) in [6, 6.07) is 7.69. The average Bonchev–Trinajstić information content (AvgIpc) is 2.55. The third-order valence-electron chi connectivity index (χ3n) is 2.70. The highest BCUT2D eigenvalue weighted by atomic mass is 79.9. The molecule has 1 aromatic carbocycles. The van der Waals surface area contributed by atoms with Gasteiger partial charge in [0, 0.05) is 17.1 Å². The Balaban J connectivity index is 0.000000405. The van der Waals surface area contributed by atoms with Crippen LogP contribution in [0.25, 0.3) is 0 Å². The molecule has 132 valence electrons. The van der Waals surface area contributed by atoms with Gasteiger partial charge in [-0.3, -0.25) is 4.79 Å². The van der Waals surface area contributed by atoms with E-state index in [0.717, 1.165) is 15.7 Å². The Morgan fingerprint density at radius 1 is 1.21 bits per heavy atom. The zero-order chi connectivity index (χ0) is 18.7. The lowest BCUT2D eigenvalue weighted by Crippen LogP contribution is -2.20. The molecule has 0 aliphatic carbocycles. The minimum atomic E-state index is -0.106. The normalized spacial score (nSPS) is 9.67. The summed E-state index contributed by atoms with van der Waals surface area (Å²) >= 11 is 6.55. The van der Waals surface area contributed by atoms with Crippen LogP contribution in [0, 0.1) is 13.8 Å². The first-order chi connectivity index (χ1) is 11.4. The van der Waals surface area contributed by atoms with Crippen LogP contribution >= 0.6 is 31.9 Å². The van der Waals surface area contributed by atoms with E-state index in [2.05, 4.69) is 47.0 Å². The summed E-state index contributed by atoms with van der Waals surface area (Å²) in [5, 5.41) is 7.62. The highest BCUT2D eigenvalue weighted by molar-refractivity contribution is 9.10. The van der Waals surface area contributed by atoms with E-state index in [9.17, 15) is 4.79 Å². The largest absolute Gasteiger partial charge is 0.399 e. The molecule has 0 saturated heterocycles. The summed E-state index contributed by atoms with van der Waals surface area (Å²) in [6.07, 6.45) is 1.69. The van der Waals surface area contributed by atoms with E-state index in [4.69, 9.17) is 0 Å². The number of oxime groups is 1. The lowest BCUT2D eigenvalue weighted by molar-refractivity contribution is 0.215. The van der Waals surface area contributed by atoms with Gasteiger partial charge in [-0.15, -0.1) is 0 Å². The Bertz CT molecular complexity index is 682. The van der Waals surface area contributed by atoms with Crippen LogP contribution in [0.1, 0.15) is 30.7 Å². The van der Waals surface area contributed by atoms with E-state index in [0.29, 0.717) is 4.47 Å². The molecule has 1 aromatic heterocycles. The highest BCUT2D eigenvalue weighted by Gasteiger charge is 1.99. The Morgan fingerprint density at radius 2 is 1.83 bits per heavy atom. The number of benzene rings is 1. The third kappa shape index (κ3) is 7.40. The van der Waals surface area contributed by atoms with Gasteiger partial charge in [0.25, 0.3) is 5.56 Å². The van der Waals surface area contributed by atoms with Crippen LogP contribution in [0.2, 0.25) is 0 Å². The molecule has 0 atom stereocenters. The fraction of sp³-hybridized carbons (Fsp3) is 0.353. The van der Waals surface area contributed by atoms with Crippen LogP contribution in [-0.2, 0) is 11.9 Å². The van der Waals surface area contributed by atoms with Gasteiger partial charge in [-0.05, 0) is 47.5 Å². The number of halogens is 2. The van der Waals surface area contributed by atoms with Crippen molar-refractivity contribution in [1.29, 1.82) is 0 Å². The molecule has 0 aliphatic heterocycles. The number of hydrogen-bond acceptors (Lipinski definition) is 4. The minimum absolute atomic E-state index is 0.106. The monoisotopic (exact) mass is 459 g/mol. The minimum Gasteiger partial charge on any atom is -0.399 e. The average molecular weight is 461 g/mol. The topological polar surface area (TPSA) is 56.5 Å². The summed E-state index contributed by atoms with van der Waals surface area (Å²) in [5.74, 6) is 0. The fourth-order valence-electron chi connectivity index (χ4n) is 1.62. The molecule has 0 unspecified atom stereocenters. The van der Waals surface area contributed by atoms with Crippen molar-refractivity contribution >= 4 is 38.1 Å². The molecule has 1 heterocycles. The molecule has 0 N–H and O–H groups in total. The van der Waals surface area contributed by atoms with Crippen molar-refractivity contribution in [1.82, 2.24) is 9.78 Å². The number of aryl methyl sites for hydroxylation is 3. The molecular weight excluding hydrogens is 438 g/mol. The molecule has 0 fully saturated rings. The van der Waals surface area contributed by atoms with Gasteiger partial charge in [0.1, 0.15) is 7.11 Å². The molecule has 5 nitrogen and oxygen atoms in total. The summed E-state index contributed by atoms with van der Waals surface area (Å²) in [5.41, 5.74) is 2.95. The van der Waals surface area contributed by atoms with Gasteiger partial charge in [0.2, 0.25) is 0 Å². The van der Waals surface area contributed by atoms with Crippen molar-refractivity contribution in [3.05, 3.63) is 60.4 Å². The van der Waals surface area contributed by atoms with Gasteiger partial charge in [-0.25, -0.2) is 4.68 Å². The smallest absolute Gasteiger partial charge is 0.280 e. The molecule has 0 amide bonds. The van der Waals surface area contributed by atoms with E-state index in [1.807, 2.05) is 45.9 Å². The maximum Gasteiger partial charge on any atom is 0.280 e. The lowest BCUT2D eigenvalue weighted by atomic mass is 10.1. The predicted octanol–water partition coefficient (Wildman–Crippen LogP) is 4.62. The molecule has 0 bridgehead atoms. The van der Waals surface area contributed by atoms with Crippen molar-refractivity contribution in [2.75, 3.05) is 7.11 Å². The highest BCUT2D eigenvalue weighted by Crippen LogP contribution is 2.17. The summed E-state index contributed by atoms with van der Waals surface area (Å²) in [6.45, 7) is 7.87. The van der Waals surface area contributed by atoms with Crippen molar-refractivity contribution in [2.45, 2.75) is 27.7 Å².